The molecular formula is C31H55N9O5. The largest absolute Gasteiger partial charge is 0.355 e. The number of likely N-dealkylation sites (N-methyl/N-ethyl adjacent to an activating group) is 2. The maximum absolute atomic E-state index is 13.2. The smallest absolute Gasteiger partial charge is 0.315 e. The first kappa shape index (κ1) is 36.3. The summed E-state index contributed by atoms with van der Waals surface area (Å²) in [5, 5.41) is 23.4. The Bertz CT molecular complexity index is 1010. The van der Waals surface area contributed by atoms with Crippen molar-refractivity contribution in [1.29, 1.82) is 0 Å². The van der Waals surface area contributed by atoms with Gasteiger partial charge >= 0.3 is 6.03 Å². The number of nitrogens with zero attached hydrogens (tertiary/aromatic N) is 4. The SMILES string of the molecule is CCN(CC)CCNC(=O)C1CC(N=NC(C(C)=O)C(=O)NC2CCC3NC(=O)NC3C2)CC(C(=O)NCCN(CC)CC)C1. The van der Waals surface area contributed by atoms with Crippen molar-refractivity contribution in [2.45, 2.75) is 103 Å². The van der Waals surface area contributed by atoms with Gasteiger partial charge in [-0.3, -0.25) is 19.2 Å². The van der Waals surface area contributed by atoms with E-state index >= 15 is 0 Å². The number of nitrogens with one attached hydrogen (secondary N) is 5. The van der Waals surface area contributed by atoms with Crippen LogP contribution in [-0.4, -0.2) is 122 Å². The summed E-state index contributed by atoms with van der Waals surface area (Å²) >= 11 is 0. The van der Waals surface area contributed by atoms with Gasteiger partial charge in [0, 0.05) is 44.1 Å². The Morgan fingerprint density at radius 2 is 1.33 bits per heavy atom. The van der Waals surface area contributed by atoms with Gasteiger partial charge in [-0.25, -0.2) is 4.79 Å². The number of hydrogen-bond acceptors (Lipinski definition) is 9. The minimum Gasteiger partial charge on any atom is -0.355 e. The molecule has 3 rings (SSSR count). The zero-order chi connectivity index (χ0) is 32.9. The molecule has 45 heavy (non-hydrogen) atoms. The van der Waals surface area contributed by atoms with Crippen LogP contribution in [-0.2, 0) is 19.2 Å². The maximum Gasteiger partial charge on any atom is 0.315 e. The molecule has 5 amide bonds. The number of fused-ring (bicyclic) bond motifs is 1. The molecule has 0 aromatic rings. The number of ketones is 1. The quantitative estimate of drug-likeness (QED) is 0.116. The molecule has 0 radical (unpaired) electrons. The molecule has 14 nitrogen and oxygen atoms in total. The summed E-state index contributed by atoms with van der Waals surface area (Å²) in [6.07, 6.45) is 3.14. The first-order chi connectivity index (χ1) is 21.6. The van der Waals surface area contributed by atoms with Crippen LogP contribution in [0.15, 0.2) is 10.2 Å². The number of Topliss-reactive ketones (excluding diaryl/α,β-unsaturated/α-hetero) is 1. The fourth-order valence-electron chi connectivity index (χ4n) is 6.63. The highest BCUT2D eigenvalue weighted by Crippen LogP contribution is 2.32. The average molecular weight is 634 g/mol. The lowest BCUT2D eigenvalue weighted by atomic mass is 9.78. The molecule has 1 aliphatic heterocycles. The summed E-state index contributed by atoms with van der Waals surface area (Å²) < 4.78 is 0. The molecule has 0 bridgehead atoms. The number of rotatable bonds is 17. The van der Waals surface area contributed by atoms with Crippen LogP contribution in [0.5, 0.6) is 0 Å². The van der Waals surface area contributed by atoms with Gasteiger partial charge in [0.15, 0.2) is 5.78 Å². The van der Waals surface area contributed by atoms with Crippen LogP contribution in [0, 0.1) is 11.8 Å². The second kappa shape index (κ2) is 18.1. The molecule has 0 aromatic heterocycles. The van der Waals surface area contributed by atoms with Gasteiger partial charge in [-0.05, 0) is 71.6 Å². The van der Waals surface area contributed by atoms with Crippen molar-refractivity contribution in [3.05, 3.63) is 0 Å². The van der Waals surface area contributed by atoms with Crippen LogP contribution in [0.3, 0.4) is 0 Å². The molecule has 1 heterocycles. The number of carbonyl (C=O) groups is 5. The molecule has 14 heteroatoms. The molecule has 0 spiro atoms. The van der Waals surface area contributed by atoms with Crippen LogP contribution in [0.1, 0.15) is 73.1 Å². The minimum absolute atomic E-state index is 0.0463. The number of amides is 5. The van der Waals surface area contributed by atoms with Crippen LogP contribution in [0.2, 0.25) is 0 Å². The lowest BCUT2D eigenvalue weighted by Gasteiger charge is -2.32. The Morgan fingerprint density at radius 1 is 0.800 bits per heavy atom. The third kappa shape index (κ3) is 11.0. The van der Waals surface area contributed by atoms with E-state index in [1.807, 2.05) is 0 Å². The molecule has 1 saturated heterocycles. The Balaban J connectivity index is 1.65. The van der Waals surface area contributed by atoms with Gasteiger partial charge in [-0.1, -0.05) is 27.7 Å². The van der Waals surface area contributed by atoms with Crippen molar-refractivity contribution in [2.24, 2.45) is 22.1 Å². The number of hydrogen-bond donors (Lipinski definition) is 5. The molecule has 2 saturated carbocycles. The highest BCUT2D eigenvalue weighted by atomic mass is 16.2. The van der Waals surface area contributed by atoms with Gasteiger partial charge in [0.2, 0.25) is 17.9 Å². The zero-order valence-electron chi connectivity index (χ0n) is 27.8. The Kier molecular flexibility index (Phi) is 14.6. The predicted molar refractivity (Wildman–Crippen MR) is 171 cm³/mol. The molecule has 0 aromatic carbocycles. The van der Waals surface area contributed by atoms with Crippen LogP contribution in [0.4, 0.5) is 4.79 Å². The fraction of sp³-hybridized carbons (Fsp3) is 0.839. The molecule has 2 aliphatic carbocycles. The van der Waals surface area contributed by atoms with Gasteiger partial charge in [-0.2, -0.15) is 10.2 Å². The Morgan fingerprint density at radius 3 is 1.84 bits per heavy atom. The second-order valence-corrected chi connectivity index (χ2v) is 12.5. The monoisotopic (exact) mass is 633 g/mol. The lowest BCUT2D eigenvalue weighted by Crippen LogP contribution is -2.50. The Hall–Kier alpha value is -3.13. The zero-order valence-corrected chi connectivity index (χ0v) is 27.8. The van der Waals surface area contributed by atoms with Crippen molar-refractivity contribution in [3.63, 3.8) is 0 Å². The molecule has 6 unspecified atom stereocenters. The third-order valence-corrected chi connectivity index (χ3v) is 9.48. The second-order valence-electron chi connectivity index (χ2n) is 12.5. The molecule has 3 aliphatic rings. The fourth-order valence-corrected chi connectivity index (χ4v) is 6.63. The molecule has 254 valence electrons. The summed E-state index contributed by atoms with van der Waals surface area (Å²) in [7, 11) is 0. The summed E-state index contributed by atoms with van der Waals surface area (Å²) in [6, 6.07) is -2.22. The van der Waals surface area contributed by atoms with Gasteiger partial charge in [0.1, 0.15) is 0 Å². The van der Waals surface area contributed by atoms with E-state index in [0.717, 1.165) is 45.7 Å². The number of azo groups is 1. The molecule has 6 atom stereocenters. The highest BCUT2D eigenvalue weighted by Gasteiger charge is 2.39. The maximum atomic E-state index is 13.2. The van der Waals surface area contributed by atoms with E-state index in [2.05, 4.69) is 74.3 Å². The first-order valence-corrected chi connectivity index (χ1v) is 16.9. The summed E-state index contributed by atoms with van der Waals surface area (Å²) in [6.45, 7) is 15.7. The van der Waals surface area contributed by atoms with E-state index in [1.165, 1.54) is 6.92 Å². The summed E-state index contributed by atoms with van der Waals surface area (Å²) in [4.78, 5) is 68.2. The summed E-state index contributed by atoms with van der Waals surface area (Å²) in [5.74, 6) is -2.08. The number of carbonyl (C=O) groups excluding carboxylic acids is 5. The molecule has 3 fully saturated rings. The summed E-state index contributed by atoms with van der Waals surface area (Å²) in [5.41, 5.74) is 0. The van der Waals surface area contributed by atoms with Gasteiger partial charge in [0.05, 0.1) is 18.1 Å². The van der Waals surface area contributed by atoms with E-state index in [0.29, 0.717) is 45.2 Å². The van der Waals surface area contributed by atoms with Crippen molar-refractivity contribution >= 4 is 29.5 Å². The third-order valence-electron chi connectivity index (χ3n) is 9.48. The van der Waals surface area contributed by atoms with Crippen molar-refractivity contribution < 1.29 is 24.0 Å². The highest BCUT2D eigenvalue weighted by molar-refractivity contribution is 6.04. The van der Waals surface area contributed by atoms with Crippen molar-refractivity contribution in [3.8, 4) is 0 Å². The first-order valence-electron chi connectivity index (χ1n) is 16.9. The van der Waals surface area contributed by atoms with Crippen molar-refractivity contribution in [1.82, 2.24) is 36.4 Å². The molecule has 5 N–H and O–H groups in total. The van der Waals surface area contributed by atoms with Crippen LogP contribution >= 0.6 is 0 Å². The van der Waals surface area contributed by atoms with Crippen LogP contribution < -0.4 is 26.6 Å². The standard InChI is InChI=1S/C31H55N9O5/c1-6-39(7-2)14-12-32-28(42)21-16-22(29(43)33-13-15-40(8-3)9-4)18-24(17-21)37-38-27(20(5)41)30(44)34-23-10-11-25-26(19-23)36-31(45)35-25/h21-27H,6-19H2,1-5H3,(H,32,42)(H,33,43)(H,34,44)(H2,35,36,45). The Labute approximate surface area is 267 Å². The van der Waals surface area contributed by atoms with Gasteiger partial charge < -0.3 is 36.4 Å². The minimum atomic E-state index is -1.32. The van der Waals surface area contributed by atoms with E-state index in [-0.39, 0.29) is 36.0 Å². The van der Waals surface area contributed by atoms with Crippen LogP contribution in [0.25, 0.3) is 0 Å². The van der Waals surface area contributed by atoms with E-state index in [9.17, 15) is 24.0 Å². The predicted octanol–water partition coefficient (Wildman–Crippen LogP) is 0.816. The lowest BCUT2D eigenvalue weighted by molar-refractivity contribution is -0.132. The topological polar surface area (TPSA) is 177 Å². The average Bonchev–Trinajstić information content (AvgIpc) is 3.40. The van der Waals surface area contributed by atoms with Crippen molar-refractivity contribution in [2.75, 3.05) is 52.4 Å². The van der Waals surface area contributed by atoms with E-state index < -0.39 is 35.6 Å². The van der Waals surface area contributed by atoms with Gasteiger partial charge in [0.25, 0.3) is 5.91 Å². The van der Waals surface area contributed by atoms with E-state index in [4.69, 9.17) is 0 Å². The normalized spacial score (nSPS) is 27.0. The van der Waals surface area contributed by atoms with Gasteiger partial charge in [-0.15, -0.1) is 0 Å². The van der Waals surface area contributed by atoms with E-state index in [1.54, 1.807) is 0 Å². The molecular weight excluding hydrogens is 578 g/mol. The number of urea groups is 1.